The monoisotopic (exact) mass is 159 g/mol. The van der Waals surface area contributed by atoms with Gasteiger partial charge < -0.3 is 4.74 Å². The molecule has 56 valence electrons. The number of ether oxygens (including phenoxy) is 1. The Morgan fingerprint density at radius 2 is 2.20 bits per heavy atom. The van der Waals surface area contributed by atoms with E-state index in [0.717, 1.165) is 0 Å². The molecule has 3 nitrogen and oxygen atoms in total. The van der Waals surface area contributed by atoms with Crippen LogP contribution in [-0.4, -0.2) is 23.8 Å². The second kappa shape index (κ2) is 3.44. The fourth-order valence-electron chi connectivity index (χ4n) is 0.410. The topological polar surface area (TPSA) is 38.7 Å². The number of nitrogens with zero attached hydrogens (tertiary/aromatic N) is 1. The van der Waals surface area contributed by atoms with Crippen LogP contribution in [0, 0.1) is 0 Å². The minimum absolute atomic E-state index is 0.412. The van der Waals surface area contributed by atoms with Gasteiger partial charge in [-0.05, 0) is 26.1 Å². The molecule has 0 radical (unpaired) electrons. The highest BCUT2D eigenvalue weighted by atomic mass is 32.1. The molecule has 0 fully saturated rings. The summed E-state index contributed by atoms with van der Waals surface area (Å²) in [5.74, 6) is -0.412. The Kier molecular flexibility index (Phi) is 3.19. The molecule has 0 amide bonds. The molecule has 0 spiro atoms. The lowest BCUT2D eigenvalue weighted by Crippen LogP contribution is -2.30. The van der Waals surface area contributed by atoms with Crippen molar-refractivity contribution in [3.05, 3.63) is 0 Å². The number of carbonyl (C=O) groups is 1. The minimum Gasteiger partial charge on any atom is -0.467 e. The highest BCUT2D eigenvalue weighted by molar-refractivity contribution is 7.78. The highest BCUT2D eigenvalue weighted by Crippen LogP contribution is 2.08. The molecule has 4 heteroatoms. The van der Waals surface area contributed by atoms with E-state index in [4.69, 9.17) is 0 Å². The molecule has 0 aromatic heterocycles. The summed E-state index contributed by atoms with van der Waals surface area (Å²) < 4.78 is 4.45. The zero-order valence-electron chi connectivity index (χ0n) is 6.17. The van der Waals surface area contributed by atoms with Crippen LogP contribution in [0.3, 0.4) is 0 Å². The number of isothiocyanates is 1. The first-order valence-corrected chi connectivity index (χ1v) is 3.13. The van der Waals surface area contributed by atoms with Crippen molar-refractivity contribution in [1.82, 2.24) is 0 Å². The number of hydrogen-bond donors (Lipinski definition) is 0. The lowest BCUT2D eigenvalue weighted by molar-refractivity contribution is -0.145. The summed E-state index contributed by atoms with van der Waals surface area (Å²) in [5, 5.41) is 2.13. The van der Waals surface area contributed by atoms with Crippen LogP contribution >= 0.6 is 12.2 Å². The highest BCUT2D eigenvalue weighted by Gasteiger charge is 2.27. The standard InChI is InChI=1S/C6H9NO2S/c1-6(2,7-4-10)5(8)9-3/h1-3H3. The summed E-state index contributed by atoms with van der Waals surface area (Å²) in [6.07, 6.45) is 0. The molecule has 0 heterocycles. The Morgan fingerprint density at radius 1 is 1.70 bits per heavy atom. The van der Waals surface area contributed by atoms with Crippen LogP contribution in [0.5, 0.6) is 0 Å². The summed E-state index contributed by atoms with van der Waals surface area (Å²) in [7, 11) is 1.31. The minimum atomic E-state index is -0.892. The largest absolute Gasteiger partial charge is 0.467 e. The zero-order valence-corrected chi connectivity index (χ0v) is 6.99. The average molecular weight is 159 g/mol. The smallest absolute Gasteiger partial charge is 0.334 e. The second-order valence-corrected chi connectivity index (χ2v) is 2.44. The summed E-state index contributed by atoms with van der Waals surface area (Å²) in [6.45, 7) is 3.22. The molecule has 0 aliphatic heterocycles. The maximum atomic E-state index is 10.8. The van der Waals surface area contributed by atoms with E-state index >= 15 is 0 Å². The third-order valence-electron chi connectivity index (χ3n) is 1.01. The molecule has 0 aliphatic rings. The normalized spacial score (nSPS) is 9.90. The number of thiocarbonyl (C=S) groups is 1. The lowest BCUT2D eigenvalue weighted by Gasteiger charge is -2.13. The molecular weight excluding hydrogens is 150 g/mol. The molecule has 0 rings (SSSR count). The van der Waals surface area contributed by atoms with E-state index in [1.54, 1.807) is 13.8 Å². The number of aliphatic imine (C=N–C) groups is 1. The number of rotatable bonds is 2. The van der Waals surface area contributed by atoms with E-state index in [0.29, 0.717) is 0 Å². The Hall–Kier alpha value is -0.730. The van der Waals surface area contributed by atoms with E-state index < -0.39 is 11.5 Å². The molecule has 0 saturated carbocycles. The summed E-state index contributed by atoms with van der Waals surface area (Å²) in [4.78, 5) is 14.4. The number of esters is 1. The molecule has 0 aliphatic carbocycles. The van der Waals surface area contributed by atoms with Crippen molar-refractivity contribution in [3.63, 3.8) is 0 Å². The Balaban J connectivity index is 4.38. The second-order valence-electron chi connectivity index (χ2n) is 2.25. The van der Waals surface area contributed by atoms with Crippen LogP contribution in [0.25, 0.3) is 0 Å². The average Bonchev–Trinajstić information content (AvgIpc) is 1.86. The maximum absolute atomic E-state index is 10.8. The fourth-order valence-corrected chi connectivity index (χ4v) is 0.638. The molecule has 0 unspecified atom stereocenters. The summed E-state index contributed by atoms with van der Waals surface area (Å²) >= 11 is 4.34. The number of methoxy groups -OCH3 is 1. The first kappa shape index (κ1) is 9.27. The van der Waals surface area contributed by atoms with Crippen molar-refractivity contribution in [3.8, 4) is 0 Å². The van der Waals surface area contributed by atoms with Gasteiger partial charge in [0, 0.05) is 0 Å². The predicted octanol–water partition coefficient (Wildman–Crippen LogP) is 1.04. The summed E-state index contributed by atoms with van der Waals surface area (Å²) in [6, 6.07) is 0. The predicted molar refractivity (Wildman–Crippen MR) is 41.1 cm³/mol. The Morgan fingerprint density at radius 3 is 2.50 bits per heavy atom. The summed E-state index contributed by atoms with van der Waals surface area (Å²) in [5.41, 5.74) is -0.892. The molecule has 10 heavy (non-hydrogen) atoms. The van der Waals surface area contributed by atoms with Crippen LogP contribution < -0.4 is 0 Å². The van der Waals surface area contributed by atoms with Gasteiger partial charge in [-0.15, -0.1) is 0 Å². The van der Waals surface area contributed by atoms with Crippen molar-refractivity contribution in [2.75, 3.05) is 7.11 Å². The van der Waals surface area contributed by atoms with Gasteiger partial charge in [0.2, 0.25) is 0 Å². The molecule has 0 aromatic carbocycles. The van der Waals surface area contributed by atoms with Crippen molar-refractivity contribution >= 4 is 23.3 Å². The van der Waals surface area contributed by atoms with E-state index in [9.17, 15) is 4.79 Å². The first-order chi connectivity index (χ1) is 4.54. The van der Waals surface area contributed by atoms with Gasteiger partial charge in [0.25, 0.3) is 0 Å². The van der Waals surface area contributed by atoms with Gasteiger partial charge >= 0.3 is 5.97 Å². The number of hydrogen-bond acceptors (Lipinski definition) is 4. The molecule has 0 atom stereocenters. The molecule has 0 bridgehead atoms. The van der Waals surface area contributed by atoms with Gasteiger partial charge in [-0.1, -0.05) is 0 Å². The maximum Gasteiger partial charge on any atom is 0.334 e. The Labute approximate surface area is 65.1 Å². The van der Waals surface area contributed by atoms with Crippen molar-refractivity contribution < 1.29 is 9.53 Å². The van der Waals surface area contributed by atoms with Gasteiger partial charge in [0.15, 0.2) is 5.54 Å². The quantitative estimate of drug-likeness (QED) is 0.343. The third-order valence-corrected chi connectivity index (χ3v) is 1.10. The van der Waals surface area contributed by atoms with Crippen LogP contribution in [0.2, 0.25) is 0 Å². The SMILES string of the molecule is COC(=O)C(C)(C)N=C=S. The van der Waals surface area contributed by atoms with Crippen molar-refractivity contribution in [2.45, 2.75) is 19.4 Å². The molecule has 0 aromatic rings. The van der Waals surface area contributed by atoms with E-state index in [1.807, 2.05) is 0 Å². The van der Waals surface area contributed by atoms with Gasteiger partial charge in [0.05, 0.1) is 12.3 Å². The molecule has 0 N–H and O–H groups in total. The van der Waals surface area contributed by atoms with Crippen LogP contribution in [-0.2, 0) is 9.53 Å². The van der Waals surface area contributed by atoms with Gasteiger partial charge in [-0.2, -0.15) is 0 Å². The van der Waals surface area contributed by atoms with E-state index in [-0.39, 0.29) is 0 Å². The fraction of sp³-hybridized carbons (Fsp3) is 0.667. The Bertz CT molecular complexity index is 182. The van der Waals surface area contributed by atoms with Crippen molar-refractivity contribution in [1.29, 1.82) is 0 Å². The van der Waals surface area contributed by atoms with E-state index in [2.05, 4.69) is 27.1 Å². The van der Waals surface area contributed by atoms with Crippen LogP contribution in [0.15, 0.2) is 4.99 Å². The van der Waals surface area contributed by atoms with Gasteiger partial charge in [-0.25, -0.2) is 9.79 Å². The first-order valence-electron chi connectivity index (χ1n) is 2.72. The van der Waals surface area contributed by atoms with Gasteiger partial charge in [-0.3, -0.25) is 0 Å². The number of carbonyl (C=O) groups excluding carboxylic acids is 1. The third kappa shape index (κ3) is 2.25. The molecular formula is C6H9NO2S. The van der Waals surface area contributed by atoms with Gasteiger partial charge in [0.1, 0.15) is 0 Å². The van der Waals surface area contributed by atoms with Crippen LogP contribution in [0.4, 0.5) is 0 Å². The molecule has 0 saturated heterocycles. The van der Waals surface area contributed by atoms with E-state index in [1.165, 1.54) is 7.11 Å². The lowest BCUT2D eigenvalue weighted by atomic mass is 10.1. The van der Waals surface area contributed by atoms with Crippen molar-refractivity contribution in [2.24, 2.45) is 4.99 Å². The zero-order chi connectivity index (χ0) is 8.20. The van der Waals surface area contributed by atoms with Crippen LogP contribution in [0.1, 0.15) is 13.8 Å².